The quantitative estimate of drug-likeness (QED) is 0.556. The molecule has 0 aliphatic heterocycles. The molecule has 0 fully saturated rings. The van der Waals surface area contributed by atoms with Gasteiger partial charge in [-0.2, -0.15) is 0 Å². The predicted molar refractivity (Wildman–Crippen MR) is 107 cm³/mol. The minimum Gasteiger partial charge on any atom is -0.497 e. The van der Waals surface area contributed by atoms with E-state index in [1.165, 1.54) is 0 Å². The van der Waals surface area contributed by atoms with Crippen molar-refractivity contribution in [3.05, 3.63) is 94.8 Å². The largest absolute Gasteiger partial charge is 0.497 e. The van der Waals surface area contributed by atoms with Crippen molar-refractivity contribution in [1.29, 1.82) is 0 Å². The Morgan fingerprint density at radius 1 is 0.963 bits per heavy atom. The number of fused-ring (bicyclic) bond motifs is 1. The molecule has 0 aliphatic rings. The SMILES string of the molecule is COc1ccc(-n2c(C=Cc3cccnc3)nc3ccccc3c2=O)cc1. The molecule has 2 heterocycles. The van der Waals surface area contributed by atoms with Crippen molar-refractivity contribution in [2.24, 2.45) is 0 Å². The number of para-hydroxylation sites is 1. The lowest BCUT2D eigenvalue weighted by Crippen LogP contribution is -2.22. The minimum absolute atomic E-state index is 0.114. The van der Waals surface area contributed by atoms with E-state index in [0.717, 1.165) is 17.0 Å². The van der Waals surface area contributed by atoms with Crippen LogP contribution in [0.15, 0.2) is 77.9 Å². The predicted octanol–water partition coefficient (Wildman–Crippen LogP) is 3.96. The van der Waals surface area contributed by atoms with Gasteiger partial charge in [0.1, 0.15) is 11.6 Å². The van der Waals surface area contributed by atoms with Crippen molar-refractivity contribution in [3.63, 3.8) is 0 Å². The van der Waals surface area contributed by atoms with Gasteiger partial charge in [-0.3, -0.25) is 14.3 Å². The van der Waals surface area contributed by atoms with Crippen LogP contribution in [-0.4, -0.2) is 21.6 Å². The van der Waals surface area contributed by atoms with Crippen LogP contribution in [0.2, 0.25) is 0 Å². The zero-order chi connectivity index (χ0) is 18.6. The lowest BCUT2D eigenvalue weighted by Gasteiger charge is -2.12. The maximum Gasteiger partial charge on any atom is 0.266 e. The molecule has 0 saturated carbocycles. The van der Waals surface area contributed by atoms with Gasteiger partial charge in [0.05, 0.1) is 23.7 Å². The maximum atomic E-state index is 13.2. The number of hydrogen-bond acceptors (Lipinski definition) is 4. The Morgan fingerprint density at radius 2 is 1.78 bits per heavy atom. The molecule has 5 nitrogen and oxygen atoms in total. The number of nitrogens with zero attached hydrogens (tertiary/aromatic N) is 3. The first-order valence-corrected chi connectivity index (χ1v) is 8.50. The Hall–Kier alpha value is -3.73. The second-order valence-electron chi connectivity index (χ2n) is 5.95. The molecule has 0 unspecified atom stereocenters. The summed E-state index contributed by atoms with van der Waals surface area (Å²) in [5.74, 6) is 1.28. The van der Waals surface area contributed by atoms with Crippen LogP contribution in [0.4, 0.5) is 0 Å². The van der Waals surface area contributed by atoms with Crippen molar-refractivity contribution >= 4 is 23.1 Å². The van der Waals surface area contributed by atoms with Crippen molar-refractivity contribution < 1.29 is 4.74 Å². The molecule has 0 spiro atoms. The summed E-state index contributed by atoms with van der Waals surface area (Å²) in [6.45, 7) is 0. The normalized spacial score (nSPS) is 11.1. The Labute approximate surface area is 156 Å². The van der Waals surface area contributed by atoms with Crippen LogP contribution in [0.1, 0.15) is 11.4 Å². The average molecular weight is 355 g/mol. The Kier molecular flexibility index (Phi) is 4.49. The molecule has 27 heavy (non-hydrogen) atoms. The van der Waals surface area contributed by atoms with Gasteiger partial charge < -0.3 is 4.74 Å². The van der Waals surface area contributed by atoms with Crippen LogP contribution in [0.25, 0.3) is 28.7 Å². The first-order chi connectivity index (χ1) is 13.3. The van der Waals surface area contributed by atoms with Gasteiger partial charge in [0, 0.05) is 12.4 Å². The summed E-state index contributed by atoms with van der Waals surface area (Å²) in [6, 6.07) is 18.5. The van der Waals surface area contributed by atoms with E-state index >= 15 is 0 Å². The summed E-state index contributed by atoms with van der Waals surface area (Å²) < 4.78 is 6.82. The van der Waals surface area contributed by atoms with Crippen LogP contribution < -0.4 is 10.3 Å². The van der Waals surface area contributed by atoms with Gasteiger partial charge in [0.25, 0.3) is 5.56 Å². The highest BCUT2D eigenvalue weighted by molar-refractivity contribution is 5.80. The van der Waals surface area contributed by atoms with Gasteiger partial charge in [-0.1, -0.05) is 18.2 Å². The molecule has 0 amide bonds. The third-order valence-corrected chi connectivity index (χ3v) is 4.24. The van der Waals surface area contributed by atoms with Crippen LogP contribution >= 0.6 is 0 Å². The number of hydrogen-bond donors (Lipinski definition) is 0. The van der Waals surface area contributed by atoms with Crippen molar-refractivity contribution in [1.82, 2.24) is 14.5 Å². The Balaban J connectivity index is 1.92. The third-order valence-electron chi connectivity index (χ3n) is 4.24. The zero-order valence-electron chi connectivity index (χ0n) is 14.7. The van der Waals surface area contributed by atoms with E-state index in [2.05, 4.69) is 4.98 Å². The zero-order valence-corrected chi connectivity index (χ0v) is 14.7. The lowest BCUT2D eigenvalue weighted by molar-refractivity contribution is 0.414. The molecule has 4 rings (SSSR count). The maximum absolute atomic E-state index is 13.2. The van der Waals surface area contributed by atoms with E-state index in [1.807, 2.05) is 66.7 Å². The molecule has 0 saturated heterocycles. The standard InChI is InChI=1S/C22H17N3O2/c1-27-18-11-9-17(10-12-18)25-21(13-8-16-5-4-14-23-15-16)24-20-7-3-2-6-19(20)22(25)26/h2-15H,1H3. The molecule has 5 heteroatoms. The summed E-state index contributed by atoms with van der Waals surface area (Å²) in [4.78, 5) is 22.0. The molecule has 0 radical (unpaired) electrons. The first-order valence-electron chi connectivity index (χ1n) is 8.50. The number of pyridine rings is 1. The summed E-state index contributed by atoms with van der Waals surface area (Å²) in [7, 11) is 1.61. The van der Waals surface area contributed by atoms with E-state index < -0.39 is 0 Å². The summed E-state index contributed by atoms with van der Waals surface area (Å²) >= 11 is 0. The molecule has 4 aromatic rings. The van der Waals surface area contributed by atoms with E-state index in [4.69, 9.17) is 9.72 Å². The number of ether oxygens (including phenoxy) is 1. The van der Waals surface area contributed by atoms with Crippen LogP contribution in [0.3, 0.4) is 0 Å². The van der Waals surface area contributed by atoms with E-state index in [-0.39, 0.29) is 5.56 Å². The smallest absolute Gasteiger partial charge is 0.266 e. The van der Waals surface area contributed by atoms with Gasteiger partial charge in [-0.15, -0.1) is 0 Å². The highest BCUT2D eigenvalue weighted by Gasteiger charge is 2.11. The molecule has 0 aliphatic carbocycles. The fourth-order valence-electron chi connectivity index (χ4n) is 2.89. The second-order valence-corrected chi connectivity index (χ2v) is 5.95. The highest BCUT2D eigenvalue weighted by Crippen LogP contribution is 2.18. The minimum atomic E-state index is -0.114. The molecule has 0 bridgehead atoms. The summed E-state index contributed by atoms with van der Waals surface area (Å²) in [5.41, 5.74) is 2.21. The second kappa shape index (κ2) is 7.25. The molecule has 0 N–H and O–H groups in total. The van der Waals surface area contributed by atoms with Crippen molar-refractivity contribution in [2.75, 3.05) is 7.11 Å². The fourth-order valence-corrected chi connectivity index (χ4v) is 2.89. The molecule has 2 aromatic heterocycles. The monoisotopic (exact) mass is 355 g/mol. The number of methoxy groups -OCH3 is 1. The highest BCUT2D eigenvalue weighted by atomic mass is 16.5. The Bertz CT molecular complexity index is 1160. The van der Waals surface area contributed by atoms with E-state index in [1.54, 1.807) is 30.1 Å². The van der Waals surface area contributed by atoms with Crippen LogP contribution in [-0.2, 0) is 0 Å². The van der Waals surface area contributed by atoms with E-state index in [9.17, 15) is 4.79 Å². The number of benzene rings is 2. The first kappa shape index (κ1) is 16.7. The third kappa shape index (κ3) is 3.35. The average Bonchev–Trinajstić information content (AvgIpc) is 2.73. The molecular formula is C22H17N3O2. The van der Waals surface area contributed by atoms with Gasteiger partial charge in [-0.25, -0.2) is 4.98 Å². The number of aromatic nitrogens is 3. The summed E-state index contributed by atoms with van der Waals surface area (Å²) in [6.07, 6.45) is 7.20. The molecular weight excluding hydrogens is 338 g/mol. The summed E-state index contributed by atoms with van der Waals surface area (Å²) in [5, 5.41) is 0.576. The van der Waals surface area contributed by atoms with Crippen LogP contribution in [0.5, 0.6) is 5.75 Å². The molecule has 2 aromatic carbocycles. The van der Waals surface area contributed by atoms with Gasteiger partial charge in [0.2, 0.25) is 0 Å². The molecule has 0 atom stereocenters. The van der Waals surface area contributed by atoms with Gasteiger partial charge >= 0.3 is 0 Å². The van der Waals surface area contributed by atoms with Gasteiger partial charge in [0.15, 0.2) is 0 Å². The van der Waals surface area contributed by atoms with E-state index in [0.29, 0.717) is 16.7 Å². The topological polar surface area (TPSA) is 57.0 Å². The lowest BCUT2D eigenvalue weighted by atomic mass is 10.2. The van der Waals surface area contributed by atoms with Crippen molar-refractivity contribution in [2.45, 2.75) is 0 Å². The number of rotatable bonds is 4. The Morgan fingerprint density at radius 3 is 2.52 bits per heavy atom. The van der Waals surface area contributed by atoms with Gasteiger partial charge in [-0.05, 0) is 60.2 Å². The van der Waals surface area contributed by atoms with Crippen molar-refractivity contribution in [3.8, 4) is 11.4 Å². The fraction of sp³-hybridized carbons (Fsp3) is 0.0455. The van der Waals surface area contributed by atoms with Crippen LogP contribution in [0, 0.1) is 0 Å². The molecule has 132 valence electrons.